The van der Waals surface area contributed by atoms with E-state index >= 15 is 0 Å². The van der Waals surface area contributed by atoms with Crippen LogP contribution < -0.4 is 0 Å². The molecule has 0 saturated carbocycles. The summed E-state index contributed by atoms with van der Waals surface area (Å²) >= 11 is 0. The SMILES string of the molecule is CC=CCN(CC)CC(=O)OC. The summed E-state index contributed by atoms with van der Waals surface area (Å²) < 4.78 is 4.56. The Morgan fingerprint density at radius 3 is 2.67 bits per heavy atom. The summed E-state index contributed by atoms with van der Waals surface area (Å²) in [5.41, 5.74) is 0. The Labute approximate surface area is 74.0 Å². The summed E-state index contributed by atoms with van der Waals surface area (Å²) in [6.07, 6.45) is 3.99. The van der Waals surface area contributed by atoms with E-state index in [1.165, 1.54) is 7.11 Å². The van der Waals surface area contributed by atoms with Gasteiger partial charge in [0.05, 0.1) is 13.7 Å². The Morgan fingerprint density at radius 2 is 2.25 bits per heavy atom. The second-order valence-corrected chi connectivity index (χ2v) is 2.47. The third-order valence-electron chi connectivity index (χ3n) is 1.63. The molecule has 3 heteroatoms. The number of carbonyl (C=O) groups excluding carboxylic acids is 1. The van der Waals surface area contributed by atoms with Gasteiger partial charge >= 0.3 is 5.97 Å². The van der Waals surface area contributed by atoms with Crippen LogP contribution in [-0.2, 0) is 9.53 Å². The zero-order valence-corrected chi connectivity index (χ0v) is 8.04. The fraction of sp³-hybridized carbons (Fsp3) is 0.667. The van der Waals surface area contributed by atoms with Crippen LogP contribution in [0.25, 0.3) is 0 Å². The van der Waals surface area contributed by atoms with Crippen molar-refractivity contribution in [2.45, 2.75) is 13.8 Å². The van der Waals surface area contributed by atoms with E-state index in [0.29, 0.717) is 6.54 Å². The van der Waals surface area contributed by atoms with Crippen molar-refractivity contribution < 1.29 is 9.53 Å². The summed E-state index contributed by atoms with van der Waals surface area (Å²) in [5, 5.41) is 0. The number of hydrogen-bond acceptors (Lipinski definition) is 3. The fourth-order valence-corrected chi connectivity index (χ4v) is 0.807. The smallest absolute Gasteiger partial charge is 0.319 e. The molecule has 0 aliphatic carbocycles. The largest absolute Gasteiger partial charge is 0.468 e. The number of carbonyl (C=O) groups is 1. The molecule has 0 aliphatic rings. The molecule has 3 nitrogen and oxygen atoms in total. The van der Waals surface area contributed by atoms with Gasteiger partial charge in [0.25, 0.3) is 0 Å². The van der Waals surface area contributed by atoms with E-state index in [-0.39, 0.29) is 5.97 Å². The minimum atomic E-state index is -0.179. The second-order valence-electron chi connectivity index (χ2n) is 2.47. The van der Waals surface area contributed by atoms with Crippen molar-refractivity contribution in [2.75, 3.05) is 26.7 Å². The molecule has 12 heavy (non-hydrogen) atoms. The van der Waals surface area contributed by atoms with Gasteiger partial charge in [-0.25, -0.2) is 0 Å². The summed E-state index contributed by atoms with van der Waals surface area (Å²) in [6, 6.07) is 0. The number of rotatable bonds is 5. The summed E-state index contributed by atoms with van der Waals surface area (Å²) in [6.45, 7) is 6.03. The van der Waals surface area contributed by atoms with Gasteiger partial charge in [0, 0.05) is 6.54 Å². The molecule has 0 amide bonds. The maximum absolute atomic E-state index is 10.9. The van der Waals surface area contributed by atoms with E-state index < -0.39 is 0 Å². The van der Waals surface area contributed by atoms with Crippen molar-refractivity contribution >= 4 is 5.97 Å². The third kappa shape index (κ3) is 4.91. The molecule has 0 rings (SSSR count). The predicted octanol–water partition coefficient (Wildman–Crippen LogP) is 1.06. The van der Waals surface area contributed by atoms with Gasteiger partial charge in [-0.05, 0) is 13.5 Å². The van der Waals surface area contributed by atoms with Crippen LogP contribution in [0, 0.1) is 0 Å². The molecule has 0 spiro atoms. The molecule has 0 atom stereocenters. The van der Waals surface area contributed by atoms with Gasteiger partial charge in [-0.2, -0.15) is 0 Å². The highest BCUT2D eigenvalue weighted by atomic mass is 16.5. The van der Waals surface area contributed by atoms with Crippen molar-refractivity contribution in [1.29, 1.82) is 0 Å². The molecule has 70 valence electrons. The molecule has 0 aromatic carbocycles. The lowest BCUT2D eigenvalue weighted by Crippen LogP contribution is -2.30. The molecule has 0 aromatic heterocycles. The first-order chi connectivity index (χ1) is 5.74. The summed E-state index contributed by atoms with van der Waals surface area (Å²) in [4.78, 5) is 12.9. The Balaban J connectivity index is 3.74. The topological polar surface area (TPSA) is 29.5 Å². The molecule has 0 N–H and O–H groups in total. The minimum absolute atomic E-state index is 0.179. The number of ether oxygens (including phenoxy) is 1. The van der Waals surface area contributed by atoms with Crippen LogP contribution in [0.4, 0.5) is 0 Å². The van der Waals surface area contributed by atoms with Crippen molar-refractivity contribution in [2.24, 2.45) is 0 Å². The van der Waals surface area contributed by atoms with Crippen LogP contribution in [0.15, 0.2) is 12.2 Å². The number of methoxy groups -OCH3 is 1. The standard InChI is InChI=1S/C9H17NO2/c1-4-6-7-10(5-2)8-9(11)12-3/h4,6H,5,7-8H2,1-3H3. The van der Waals surface area contributed by atoms with Crippen molar-refractivity contribution in [3.05, 3.63) is 12.2 Å². The van der Waals surface area contributed by atoms with E-state index in [0.717, 1.165) is 13.1 Å². The van der Waals surface area contributed by atoms with Crippen LogP contribution in [0.1, 0.15) is 13.8 Å². The molecule has 0 bridgehead atoms. The summed E-state index contributed by atoms with van der Waals surface area (Å²) in [7, 11) is 1.41. The van der Waals surface area contributed by atoms with Gasteiger partial charge in [-0.3, -0.25) is 9.69 Å². The lowest BCUT2D eigenvalue weighted by Gasteiger charge is -2.16. The van der Waals surface area contributed by atoms with Crippen LogP contribution in [0.2, 0.25) is 0 Å². The maximum Gasteiger partial charge on any atom is 0.319 e. The molecule has 0 heterocycles. The number of likely N-dealkylation sites (N-methyl/N-ethyl adjacent to an activating group) is 1. The Morgan fingerprint density at radius 1 is 1.58 bits per heavy atom. The molecular formula is C9H17NO2. The zero-order chi connectivity index (χ0) is 9.40. The van der Waals surface area contributed by atoms with Gasteiger partial charge in [0.2, 0.25) is 0 Å². The Kier molecular flexibility index (Phi) is 6.38. The number of allylic oxidation sites excluding steroid dienone is 1. The van der Waals surface area contributed by atoms with E-state index in [2.05, 4.69) is 4.74 Å². The van der Waals surface area contributed by atoms with Crippen LogP contribution in [0.3, 0.4) is 0 Å². The number of hydrogen-bond donors (Lipinski definition) is 0. The monoisotopic (exact) mass is 171 g/mol. The molecule has 0 radical (unpaired) electrons. The summed E-state index contributed by atoms with van der Waals surface area (Å²) in [5.74, 6) is -0.179. The highest BCUT2D eigenvalue weighted by Gasteiger charge is 2.06. The lowest BCUT2D eigenvalue weighted by molar-refractivity contribution is -0.141. The molecule has 0 aromatic rings. The van der Waals surface area contributed by atoms with E-state index in [1.807, 2.05) is 30.9 Å². The highest BCUT2D eigenvalue weighted by Crippen LogP contribution is 1.89. The fourth-order valence-electron chi connectivity index (χ4n) is 0.807. The van der Waals surface area contributed by atoms with Gasteiger partial charge in [0.15, 0.2) is 0 Å². The lowest BCUT2D eigenvalue weighted by atomic mass is 10.4. The van der Waals surface area contributed by atoms with Gasteiger partial charge in [0.1, 0.15) is 0 Å². The van der Waals surface area contributed by atoms with E-state index in [4.69, 9.17) is 0 Å². The predicted molar refractivity (Wildman–Crippen MR) is 48.9 cm³/mol. The van der Waals surface area contributed by atoms with E-state index in [9.17, 15) is 4.79 Å². The average Bonchev–Trinajstić information content (AvgIpc) is 2.11. The molecule has 0 fully saturated rings. The van der Waals surface area contributed by atoms with E-state index in [1.54, 1.807) is 0 Å². The molecular weight excluding hydrogens is 154 g/mol. The van der Waals surface area contributed by atoms with Gasteiger partial charge in [-0.1, -0.05) is 19.1 Å². The van der Waals surface area contributed by atoms with Crippen molar-refractivity contribution in [3.63, 3.8) is 0 Å². The maximum atomic E-state index is 10.9. The normalized spacial score (nSPS) is 11.0. The van der Waals surface area contributed by atoms with Crippen LogP contribution in [0.5, 0.6) is 0 Å². The molecule has 0 unspecified atom stereocenters. The first-order valence-electron chi connectivity index (χ1n) is 4.14. The number of esters is 1. The number of nitrogens with zero attached hydrogens (tertiary/aromatic N) is 1. The molecule has 0 saturated heterocycles. The van der Waals surface area contributed by atoms with Crippen molar-refractivity contribution in [3.8, 4) is 0 Å². The first kappa shape index (κ1) is 11.2. The average molecular weight is 171 g/mol. The second kappa shape index (κ2) is 6.85. The van der Waals surface area contributed by atoms with Crippen LogP contribution >= 0.6 is 0 Å². The minimum Gasteiger partial charge on any atom is -0.468 e. The molecule has 0 aliphatic heterocycles. The van der Waals surface area contributed by atoms with Crippen LogP contribution in [-0.4, -0.2) is 37.6 Å². The zero-order valence-electron chi connectivity index (χ0n) is 8.04. The Hall–Kier alpha value is -0.830. The van der Waals surface area contributed by atoms with Gasteiger partial charge < -0.3 is 4.74 Å². The highest BCUT2D eigenvalue weighted by molar-refractivity contribution is 5.71. The third-order valence-corrected chi connectivity index (χ3v) is 1.63. The van der Waals surface area contributed by atoms with Crippen molar-refractivity contribution in [1.82, 2.24) is 4.90 Å². The first-order valence-corrected chi connectivity index (χ1v) is 4.14. The Bertz CT molecular complexity index is 155. The quantitative estimate of drug-likeness (QED) is 0.457. The van der Waals surface area contributed by atoms with Gasteiger partial charge in [-0.15, -0.1) is 0 Å².